The highest BCUT2D eigenvalue weighted by atomic mass is 16.5. The van der Waals surface area contributed by atoms with Crippen LogP contribution in [0.4, 0.5) is 5.69 Å². The Kier molecular flexibility index (Phi) is 8.67. The van der Waals surface area contributed by atoms with Crippen LogP contribution in [0.3, 0.4) is 0 Å². The first-order valence-corrected chi connectivity index (χ1v) is 13.0. The molecule has 0 spiro atoms. The highest BCUT2D eigenvalue weighted by Gasteiger charge is 2.26. The molecule has 0 atom stereocenters. The van der Waals surface area contributed by atoms with Crippen molar-refractivity contribution in [2.75, 3.05) is 12.4 Å². The number of aromatic hydroxyl groups is 1. The molecule has 188 valence electrons. The first-order chi connectivity index (χ1) is 17.0. The van der Waals surface area contributed by atoms with E-state index in [1.807, 2.05) is 12.1 Å². The summed E-state index contributed by atoms with van der Waals surface area (Å²) in [5.41, 5.74) is 2.75. The number of anilines is 1. The van der Waals surface area contributed by atoms with Gasteiger partial charge in [0.25, 0.3) is 0 Å². The quantitative estimate of drug-likeness (QED) is 0.446. The molecule has 0 aliphatic heterocycles. The van der Waals surface area contributed by atoms with Crippen LogP contribution >= 0.6 is 0 Å². The number of carbonyl (C=O) groups is 2. The molecule has 0 bridgehead atoms. The Morgan fingerprint density at radius 3 is 2.49 bits per heavy atom. The van der Waals surface area contributed by atoms with Gasteiger partial charge in [-0.25, -0.2) is 0 Å². The van der Waals surface area contributed by atoms with Gasteiger partial charge in [-0.2, -0.15) is 0 Å². The number of ether oxygens (including phenoxy) is 2. The van der Waals surface area contributed by atoms with Crippen molar-refractivity contribution in [1.82, 2.24) is 0 Å². The van der Waals surface area contributed by atoms with E-state index in [1.54, 1.807) is 12.1 Å². The van der Waals surface area contributed by atoms with Crippen LogP contribution in [0.15, 0.2) is 42.5 Å². The third-order valence-corrected chi connectivity index (χ3v) is 7.40. The van der Waals surface area contributed by atoms with Crippen molar-refractivity contribution < 1.29 is 24.2 Å². The number of amides is 1. The predicted octanol–water partition coefficient (Wildman–Crippen LogP) is 6.12. The van der Waals surface area contributed by atoms with Crippen LogP contribution in [0.25, 0.3) is 0 Å². The van der Waals surface area contributed by atoms with Gasteiger partial charge in [-0.05, 0) is 85.8 Å². The maximum atomic E-state index is 12.6. The number of carbonyl (C=O) groups excluding carboxylic acids is 2. The zero-order chi connectivity index (χ0) is 24.6. The molecule has 35 heavy (non-hydrogen) atoms. The van der Waals surface area contributed by atoms with Crippen LogP contribution in [-0.4, -0.2) is 30.2 Å². The topological polar surface area (TPSA) is 84.9 Å². The summed E-state index contributed by atoms with van der Waals surface area (Å²) in [5, 5.41) is 12.7. The van der Waals surface area contributed by atoms with Gasteiger partial charge in [-0.3, -0.25) is 9.59 Å². The third kappa shape index (κ3) is 7.23. The molecule has 2 aliphatic rings. The van der Waals surface area contributed by atoms with Crippen molar-refractivity contribution in [1.29, 1.82) is 0 Å². The number of methoxy groups -OCH3 is 1. The number of esters is 1. The molecular weight excluding hydrogens is 442 g/mol. The number of benzene rings is 2. The number of hydrogen-bond donors (Lipinski definition) is 2. The summed E-state index contributed by atoms with van der Waals surface area (Å²) < 4.78 is 10.9. The van der Waals surface area contributed by atoms with Crippen LogP contribution in [0, 0.1) is 5.92 Å². The summed E-state index contributed by atoms with van der Waals surface area (Å²) in [4.78, 5) is 25.0. The predicted molar refractivity (Wildman–Crippen MR) is 136 cm³/mol. The van der Waals surface area contributed by atoms with Crippen LogP contribution < -0.4 is 10.1 Å². The molecule has 2 aliphatic carbocycles. The first-order valence-electron chi connectivity index (χ1n) is 13.0. The smallest absolute Gasteiger partial charge is 0.306 e. The monoisotopic (exact) mass is 479 g/mol. The van der Waals surface area contributed by atoms with Gasteiger partial charge in [-0.15, -0.1) is 0 Å². The van der Waals surface area contributed by atoms with Gasteiger partial charge >= 0.3 is 5.97 Å². The van der Waals surface area contributed by atoms with Gasteiger partial charge in [0, 0.05) is 12.1 Å². The molecule has 2 N–H and O–H groups in total. The maximum Gasteiger partial charge on any atom is 0.306 e. The Morgan fingerprint density at radius 1 is 0.971 bits per heavy atom. The van der Waals surface area contributed by atoms with Gasteiger partial charge in [0.2, 0.25) is 5.91 Å². The van der Waals surface area contributed by atoms with Crippen molar-refractivity contribution in [2.45, 2.75) is 82.7 Å². The standard InChI is InChI=1S/C29H37NO5/c1-34-27-16-21(10-15-26(27)31)17-28(32)30-24-9-5-8-23(19-24)22-11-13-25(14-12-22)35-29(33)18-20-6-3-2-4-7-20/h5,8-10,15-16,19-20,22,25,31H,2-4,6-7,11-14,17-18H2,1H3,(H,30,32). The zero-order valence-corrected chi connectivity index (χ0v) is 20.6. The van der Waals surface area contributed by atoms with E-state index < -0.39 is 0 Å². The van der Waals surface area contributed by atoms with E-state index in [9.17, 15) is 14.7 Å². The van der Waals surface area contributed by atoms with E-state index >= 15 is 0 Å². The van der Waals surface area contributed by atoms with Crippen LogP contribution in [0.1, 0.15) is 81.3 Å². The minimum absolute atomic E-state index is 0.0173. The molecule has 0 heterocycles. The second kappa shape index (κ2) is 12.1. The first kappa shape index (κ1) is 25.1. The summed E-state index contributed by atoms with van der Waals surface area (Å²) in [7, 11) is 1.49. The van der Waals surface area contributed by atoms with Gasteiger partial charge in [-0.1, -0.05) is 37.5 Å². The number of nitrogens with one attached hydrogen (secondary N) is 1. The lowest BCUT2D eigenvalue weighted by Crippen LogP contribution is -2.25. The summed E-state index contributed by atoms with van der Waals surface area (Å²) in [6, 6.07) is 13.0. The van der Waals surface area contributed by atoms with Crippen molar-refractivity contribution in [3.8, 4) is 11.5 Å². The molecule has 1 amide bonds. The van der Waals surface area contributed by atoms with Crippen LogP contribution in [-0.2, 0) is 20.7 Å². The highest BCUT2D eigenvalue weighted by molar-refractivity contribution is 5.92. The minimum Gasteiger partial charge on any atom is -0.504 e. The lowest BCUT2D eigenvalue weighted by Gasteiger charge is -2.29. The van der Waals surface area contributed by atoms with E-state index in [0.29, 0.717) is 24.0 Å². The summed E-state index contributed by atoms with van der Waals surface area (Å²) in [6.45, 7) is 0. The Bertz CT molecular complexity index is 1010. The molecule has 0 saturated heterocycles. The van der Waals surface area contributed by atoms with E-state index in [1.165, 1.54) is 38.0 Å². The molecule has 0 radical (unpaired) electrons. The van der Waals surface area contributed by atoms with Crippen LogP contribution in [0.2, 0.25) is 0 Å². The van der Waals surface area contributed by atoms with E-state index in [0.717, 1.165) is 49.8 Å². The molecule has 0 aromatic heterocycles. The van der Waals surface area contributed by atoms with E-state index in [2.05, 4.69) is 17.4 Å². The van der Waals surface area contributed by atoms with Crippen molar-refractivity contribution in [2.24, 2.45) is 5.92 Å². The van der Waals surface area contributed by atoms with Gasteiger partial charge < -0.3 is 19.9 Å². The Labute approximate surface area is 208 Å². The molecule has 0 unspecified atom stereocenters. The summed E-state index contributed by atoms with van der Waals surface area (Å²) in [5.74, 6) is 1.19. The van der Waals surface area contributed by atoms with Gasteiger partial charge in [0.15, 0.2) is 11.5 Å². The molecule has 6 nitrogen and oxygen atoms in total. The SMILES string of the molecule is COc1cc(CC(=O)Nc2cccc(C3CCC(OC(=O)CC4CCCCC4)CC3)c2)ccc1O. The molecule has 2 saturated carbocycles. The van der Waals surface area contributed by atoms with E-state index in [4.69, 9.17) is 9.47 Å². The zero-order valence-electron chi connectivity index (χ0n) is 20.6. The molecular formula is C29H37NO5. The molecule has 2 aromatic carbocycles. The lowest BCUT2D eigenvalue weighted by molar-refractivity contribution is -0.152. The number of rotatable bonds is 8. The number of phenols is 1. The van der Waals surface area contributed by atoms with Crippen molar-refractivity contribution >= 4 is 17.6 Å². The van der Waals surface area contributed by atoms with Gasteiger partial charge in [0.05, 0.1) is 13.5 Å². The van der Waals surface area contributed by atoms with Crippen molar-refractivity contribution in [3.63, 3.8) is 0 Å². The van der Waals surface area contributed by atoms with Gasteiger partial charge in [0.1, 0.15) is 6.10 Å². The second-order valence-electron chi connectivity index (χ2n) is 10.0. The number of hydrogen-bond acceptors (Lipinski definition) is 5. The number of phenolic OH excluding ortho intramolecular Hbond substituents is 1. The van der Waals surface area contributed by atoms with E-state index in [-0.39, 0.29) is 30.2 Å². The third-order valence-electron chi connectivity index (χ3n) is 7.40. The molecule has 2 fully saturated rings. The Hall–Kier alpha value is -3.02. The maximum absolute atomic E-state index is 12.6. The fraction of sp³-hybridized carbons (Fsp3) is 0.517. The fourth-order valence-electron chi connectivity index (χ4n) is 5.47. The van der Waals surface area contributed by atoms with Crippen LogP contribution in [0.5, 0.6) is 11.5 Å². The lowest BCUT2D eigenvalue weighted by atomic mass is 9.82. The Balaban J connectivity index is 1.25. The average molecular weight is 480 g/mol. The molecule has 4 rings (SSSR count). The highest BCUT2D eigenvalue weighted by Crippen LogP contribution is 2.36. The Morgan fingerprint density at radius 2 is 1.74 bits per heavy atom. The minimum atomic E-state index is -0.122. The fourth-order valence-corrected chi connectivity index (χ4v) is 5.47. The van der Waals surface area contributed by atoms with Crippen molar-refractivity contribution in [3.05, 3.63) is 53.6 Å². The average Bonchev–Trinajstić information content (AvgIpc) is 2.86. The second-order valence-corrected chi connectivity index (χ2v) is 10.0. The largest absolute Gasteiger partial charge is 0.504 e. The summed E-state index contributed by atoms with van der Waals surface area (Å²) in [6.07, 6.45) is 10.7. The molecule has 2 aromatic rings. The summed E-state index contributed by atoms with van der Waals surface area (Å²) >= 11 is 0. The molecule has 6 heteroatoms. The normalized spacial score (nSPS) is 20.7.